The van der Waals surface area contributed by atoms with E-state index in [1.54, 1.807) is 6.07 Å². The van der Waals surface area contributed by atoms with Crippen LogP contribution in [0.3, 0.4) is 0 Å². The number of hydrogen-bond donors (Lipinski definition) is 1. The lowest BCUT2D eigenvalue weighted by molar-refractivity contribution is -0.275. The second-order valence-corrected chi connectivity index (χ2v) is 2.69. The van der Waals surface area contributed by atoms with Gasteiger partial charge in [0.25, 0.3) is 0 Å². The molecule has 15 heavy (non-hydrogen) atoms. The molecular weight excluding hydrogens is 211 g/mol. The summed E-state index contributed by atoms with van der Waals surface area (Å²) < 4.78 is 39.1. The maximum Gasteiger partial charge on any atom is 0.574 e. The van der Waals surface area contributed by atoms with Crippen molar-refractivity contribution in [1.29, 1.82) is 5.26 Å². The highest BCUT2D eigenvalue weighted by Crippen LogP contribution is 2.29. The zero-order valence-corrected chi connectivity index (χ0v) is 7.59. The number of alkyl halides is 3. The molecule has 4 nitrogen and oxygen atoms in total. The van der Waals surface area contributed by atoms with E-state index in [9.17, 15) is 13.2 Å². The van der Waals surface area contributed by atoms with Crippen LogP contribution in [0.1, 0.15) is 11.1 Å². The Morgan fingerprint density at radius 3 is 2.60 bits per heavy atom. The number of aromatic nitrogens is 1. The summed E-state index contributed by atoms with van der Waals surface area (Å²) in [6, 6.07) is 1.68. The zero-order valence-electron chi connectivity index (χ0n) is 7.59. The standard InChI is InChI=1S/C8H6F3N3O/c1-4-3-14-7(15-8(9,10)11)6(13)5(4)2-12/h3H,13H2,1H3. The van der Waals surface area contributed by atoms with Gasteiger partial charge in [-0.2, -0.15) is 5.26 Å². The molecule has 0 saturated heterocycles. The highest BCUT2D eigenvalue weighted by atomic mass is 19.4. The lowest BCUT2D eigenvalue weighted by Crippen LogP contribution is -2.19. The van der Waals surface area contributed by atoms with E-state index in [1.165, 1.54) is 6.92 Å². The van der Waals surface area contributed by atoms with Gasteiger partial charge in [-0.3, -0.25) is 0 Å². The fraction of sp³-hybridized carbons (Fsp3) is 0.250. The molecule has 0 unspecified atom stereocenters. The fourth-order valence-corrected chi connectivity index (χ4v) is 0.948. The van der Waals surface area contributed by atoms with Crippen LogP contribution in [0.4, 0.5) is 18.9 Å². The number of ether oxygens (including phenoxy) is 1. The molecule has 0 saturated carbocycles. The summed E-state index contributed by atoms with van der Waals surface area (Å²) in [5.41, 5.74) is 5.21. The molecule has 0 aliphatic carbocycles. The maximum atomic E-state index is 11.9. The lowest BCUT2D eigenvalue weighted by Gasteiger charge is -2.11. The van der Waals surface area contributed by atoms with Crippen LogP contribution >= 0.6 is 0 Å². The summed E-state index contributed by atoms with van der Waals surface area (Å²) in [6.45, 7) is 1.51. The third-order valence-electron chi connectivity index (χ3n) is 1.59. The minimum absolute atomic E-state index is 0.0655. The summed E-state index contributed by atoms with van der Waals surface area (Å²) in [5, 5.41) is 8.63. The molecule has 0 fully saturated rings. The van der Waals surface area contributed by atoms with E-state index >= 15 is 0 Å². The van der Waals surface area contributed by atoms with Crippen molar-refractivity contribution >= 4 is 5.69 Å². The first-order valence-corrected chi connectivity index (χ1v) is 3.76. The molecule has 0 amide bonds. The first kappa shape index (κ1) is 11.1. The van der Waals surface area contributed by atoms with Gasteiger partial charge in [0.2, 0.25) is 5.88 Å². The Bertz CT molecular complexity index is 422. The predicted molar refractivity (Wildman–Crippen MR) is 44.8 cm³/mol. The molecule has 7 heteroatoms. The van der Waals surface area contributed by atoms with Crippen molar-refractivity contribution in [2.24, 2.45) is 0 Å². The Hall–Kier alpha value is -1.97. The van der Waals surface area contributed by atoms with Gasteiger partial charge >= 0.3 is 6.36 Å². The number of hydrogen-bond acceptors (Lipinski definition) is 4. The zero-order chi connectivity index (χ0) is 11.6. The largest absolute Gasteiger partial charge is 0.574 e. The molecule has 1 aromatic rings. The van der Waals surface area contributed by atoms with Gasteiger partial charge in [-0.15, -0.1) is 13.2 Å². The van der Waals surface area contributed by atoms with Crippen LogP contribution in [0.25, 0.3) is 0 Å². The number of nitrogens with two attached hydrogens (primary N) is 1. The van der Waals surface area contributed by atoms with Gasteiger partial charge in [0, 0.05) is 6.20 Å². The van der Waals surface area contributed by atoms with E-state index in [4.69, 9.17) is 11.0 Å². The van der Waals surface area contributed by atoms with Crippen LogP contribution in [0, 0.1) is 18.3 Å². The summed E-state index contributed by atoms with van der Waals surface area (Å²) in [5.74, 6) is -0.801. The van der Waals surface area contributed by atoms with Crippen LogP contribution in [0.5, 0.6) is 5.88 Å². The van der Waals surface area contributed by atoms with Crippen molar-refractivity contribution in [3.8, 4) is 11.9 Å². The summed E-state index contributed by atoms with van der Waals surface area (Å²) >= 11 is 0. The number of nitrogens with zero attached hydrogens (tertiary/aromatic N) is 2. The highest BCUT2D eigenvalue weighted by molar-refractivity contribution is 5.62. The van der Waals surface area contributed by atoms with Crippen molar-refractivity contribution in [2.45, 2.75) is 13.3 Å². The molecule has 0 aromatic carbocycles. The Morgan fingerprint density at radius 1 is 1.53 bits per heavy atom. The quantitative estimate of drug-likeness (QED) is 0.777. The Labute approximate surface area is 83.1 Å². The average Bonchev–Trinajstić information content (AvgIpc) is 2.09. The Balaban J connectivity index is 3.18. The number of nitriles is 1. The van der Waals surface area contributed by atoms with E-state index in [0.717, 1.165) is 6.20 Å². The topological polar surface area (TPSA) is 71.9 Å². The van der Waals surface area contributed by atoms with Gasteiger partial charge in [-0.1, -0.05) is 0 Å². The molecule has 0 radical (unpaired) electrons. The van der Waals surface area contributed by atoms with Crippen molar-refractivity contribution < 1.29 is 17.9 Å². The number of halogens is 3. The number of nitrogen functional groups attached to an aromatic ring is 1. The fourth-order valence-electron chi connectivity index (χ4n) is 0.948. The second kappa shape index (κ2) is 3.65. The molecule has 80 valence electrons. The van der Waals surface area contributed by atoms with Crippen molar-refractivity contribution in [3.63, 3.8) is 0 Å². The van der Waals surface area contributed by atoms with Crippen LogP contribution < -0.4 is 10.5 Å². The second-order valence-electron chi connectivity index (χ2n) is 2.69. The monoisotopic (exact) mass is 217 g/mol. The maximum absolute atomic E-state index is 11.9. The first-order chi connectivity index (χ1) is 6.85. The normalized spacial score (nSPS) is 10.9. The minimum Gasteiger partial charge on any atom is -0.393 e. The first-order valence-electron chi connectivity index (χ1n) is 3.76. The third-order valence-corrected chi connectivity index (χ3v) is 1.59. The van der Waals surface area contributed by atoms with Crippen molar-refractivity contribution in [3.05, 3.63) is 17.3 Å². The number of aryl methyl sites for hydroxylation is 1. The van der Waals surface area contributed by atoms with Gasteiger partial charge in [0.15, 0.2) is 0 Å². The average molecular weight is 217 g/mol. The predicted octanol–water partition coefficient (Wildman–Crippen LogP) is 1.74. The van der Waals surface area contributed by atoms with Crippen molar-refractivity contribution in [2.75, 3.05) is 5.73 Å². The molecule has 1 heterocycles. The SMILES string of the molecule is Cc1cnc(OC(F)(F)F)c(N)c1C#N. The highest BCUT2D eigenvalue weighted by Gasteiger charge is 2.33. The summed E-state index contributed by atoms with van der Waals surface area (Å²) in [7, 11) is 0. The van der Waals surface area contributed by atoms with E-state index < -0.39 is 17.9 Å². The van der Waals surface area contributed by atoms with E-state index in [-0.39, 0.29) is 5.56 Å². The Kier molecular flexibility index (Phi) is 2.70. The smallest absolute Gasteiger partial charge is 0.393 e. The molecule has 0 spiro atoms. The minimum atomic E-state index is -4.87. The molecule has 0 aliphatic heterocycles. The number of pyridine rings is 1. The molecule has 0 bridgehead atoms. The Morgan fingerprint density at radius 2 is 2.13 bits per heavy atom. The van der Waals surface area contributed by atoms with E-state index in [2.05, 4.69) is 9.72 Å². The van der Waals surface area contributed by atoms with E-state index in [0.29, 0.717) is 5.56 Å². The van der Waals surface area contributed by atoms with Crippen molar-refractivity contribution in [1.82, 2.24) is 4.98 Å². The lowest BCUT2D eigenvalue weighted by atomic mass is 10.1. The molecule has 1 rings (SSSR count). The number of anilines is 1. The molecular formula is C8H6F3N3O. The van der Waals surface area contributed by atoms with E-state index in [1.807, 2.05) is 0 Å². The molecule has 0 atom stereocenters. The van der Waals surface area contributed by atoms with Gasteiger partial charge < -0.3 is 10.5 Å². The van der Waals surface area contributed by atoms with Crippen LogP contribution in [0.15, 0.2) is 6.20 Å². The van der Waals surface area contributed by atoms with Gasteiger partial charge in [0.1, 0.15) is 11.8 Å². The number of rotatable bonds is 1. The molecule has 2 N–H and O–H groups in total. The molecule has 0 aliphatic rings. The van der Waals surface area contributed by atoms with Crippen LogP contribution in [-0.2, 0) is 0 Å². The molecule has 1 aromatic heterocycles. The van der Waals surface area contributed by atoms with Gasteiger partial charge in [-0.25, -0.2) is 4.98 Å². The summed E-state index contributed by atoms with van der Waals surface area (Å²) in [4.78, 5) is 3.35. The van der Waals surface area contributed by atoms with Gasteiger partial charge in [-0.05, 0) is 12.5 Å². The third kappa shape index (κ3) is 2.49. The summed E-state index contributed by atoms with van der Waals surface area (Å²) in [6.07, 6.45) is -3.78. The van der Waals surface area contributed by atoms with Gasteiger partial charge in [0.05, 0.1) is 5.56 Å². The van der Waals surface area contributed by atoms with Crippen LogP contribution in [-0.4, -0.2) is 11.3 Å². The van der Waals surface area contributed by atoms with Crippen LogP contribution in [0.2, 0.25) is 0 Å².